The average molecular weight is 271 g/mol. The molecule has 0 aliphatic carbocycles. The molecule has 20 heavy (non-hydrogen) atoms. The van der Waals surface area contributed by atoms with Gasteiger partial charge < -0.3 is 9.64 Å². The lowest BCUT2D eigenvalue weighted by Crippen LogP contribution is -2.25. The second-order valence-corrected chi connectivity index (χ2v) is 5.33. The van der Waals surface area contributed by atoms with E-state index in [4.69, 9.17) is 4.74 Å². The quantitative estimate of drug-likeness (QED) is 0.787. The second kappa shape index (κ2) is 5.99. The van der Waals surface area contributed by atoms with Crippen LogP contribution in [0.5, 0.6) is 11.5 Å². The van der Waals surface area contributed by atoms with E-state index < -0.39 is 0 Å². The van der Waals surface area contributed by atoms with Crippen molar-refractivity contribution < 1.29 is 9.13 Å². The number of rotatable bonds is 4. The summed E-state index contributed by atoms with van der Waals surface area (Å²) in [6, 6.07) is 12.7. The largest absolute Gasteiger partial charge is 0.457 e. The molecular weight excluding hydrogens is 252 g/mol. The minimum absolute atomic E-state index is 0.168. The molecule has 0 bridgehead atoms. The summed E-state index contributed by atoms with van der Waals surface area (Å²) >= 11 is 0. The van der Waals surface area contributed by atoms with Gasteiger partial charge in [-0.3, -0.25) is 0 Å². The molecule has 0 aliphatic heterocycles. The Bertz CT molecular complexity index is 599. The van der Waals surface area contributed by atoms with E-state index in [2.05, 4.69) is 0 Å². The number of hydrogen-bond acceptors (Lipinski definition) is 2. The van der Waals surface area contributed by atoms with Crippen molar-refractivity contribution in [2.75, 3.05) is 19.0 Å². The molecule has 2 aromatic rings. The molecular formula is C16H19BFNO. The third kappa shape index (κ3) is 3.32. The Labute approximate surface area is 120 Å². The van der Waals surface area contributed by atoms with Crippen LogP contribution >= 0.6 is 0 Å². The first-order valence-corrected chi connectivity index (χ1v) is 6.72. The van der Waals surface area contributed by atoms with Crippen molar-refractivity contribution in [3.05, 3.63) is 48.3 Å². The van der Waals surface area contributed by atoms with E-state index in [1.54, 1.807) is 12.1 Å². The zero-order chi connectivity index (χ0) is 14.7. The predicted molar refractivity (Wildman–Crippen MR) is 84.4 cm³/mol. The first-order chi connectivity index (χ1) is 9.47. The smallest absolute Gasteiger partial charge is 0.173 e. The highest BCUT2D eigenvalue weighted by Crippen LogP contribution is 2.25. The van der Waals surface area contributed by atoms with Crippen molar-refractivity contribution in [3.8, 4) is 11.5 Å². The topological polar surface area (TPSA) is 12.5 Å². The van der Waals surface area contributed by atoms with E-state index in [-0.39, 0.29) is 12.5 Å². The molecule has 0 fully saturated rings. The molecule has 0 aromatic heterocycles. The Balaban J connectivity index is 2.22. The van der Waals surface area contributed by atoms with Gasteiger partial charge in [-0.05, 0) is 23.7 Å². The Morgan fingerprint density at radius 3 is 2.30 bits per heavy atom. The fraction of sp³-hybridized carbons (Fsp3) is 0.250. The molecule has 0 radical (unpaired) electrons. The van der Waals surface area contributed by atoms with Gasteiger partial charge in [-0.2, -0.15) is 0 Å². The van der Waals surface area contributed by atoms with Gasteiger partial charge in [0.2, 0.25) is 0 Å². The molecule has 0 N–H and O–H groups in total. The van der Waals surface area contributed by atoms with Gasteiger partial charge in [0.05, 0.1) is 0 Å². The Kier molecular flexibility index (Phi) is 4.33. The maximum absolute atomic E-state index is 13.9. The minimum Gasteiger partial charge on any atom is -0.457 e. The summed E-state index contributed by atoms with van der Waals surface area (Å²) in [5.74, 6) is 0.997. The third-order valence-corrected chi connectivity index (χ3v) is 3.16. The standard InChI is InChI=1S/C16H19BFNO/c1-17(2)15-9-8-14(11-16(15)18)20-13-7-5-6-12(10-13)19(3)4/h5-11H,1-4H3. The van der Waals surface area contributed by atoms with E-state index in [0.717, 1.165) is 5.69 Å². The molecule has 0 heterocycles. The van der Waals surface area contributed by atoms with Crippen LogP contribution in [0.2, 0.25) is 13.6 Å². The van der Waals surface area contributed by atoms with Crippen LogP contribution in [0.1, 0.15) is 0 Å². The maximum Gasteiger partial charge on any atom is 0.173 e. The van der Waals surface area contributed by atoms with Crippen molar-refractivity contribution >= 4 is 17.9 Å². The summed E-state index contributed by atoms with van der Waals surface area (Å²) in [6.07, 6.45) is 0. The summed E-state index contributed by atoms with van der Waals surface area (Å²) in [7, 11) is 3.94. The van der Waals surface area contributed by atoms with Gasteiger partial charge in [0, 0.05) is 31.9 Å². The Hall–Kier alpha value is -1.97. The van der Waals surface area contributed by atoms with E-state index in [9.17, 15) is 4.39 Å². The highest BCUT2D eigenvalue weighted by Gasteiger charge is 2.10. The molecule has 2 rings (SSSR count). The van der Waals surface area contributed by atoms with Crippen LogP contribution in [0.3, 0.4) is 0 Å². The Morgan fingerprint density at radius 1 is 1.00 bits per heavy atom. The van der Waals surface area contributed by atoms with Gasteiger partial charge >= 0.3 is 0 Å². The number of hydrogen-bond donors (Lipinski definition) is 0. The molecule has 0 spiro atoms. The number of anilines is 1. The highest BCUT2D eigenvalue weighted by molar-refractivity contribution is 6.70. The van der Waals surface area contributed by atoms with E-state index >= 15 is 0 Å². The molecule has 0 saturated carbocycles. The van der Waals surface area contributed by atoms with Gasteiger partial charge in [0.1, 0.15) is 17.3 Å². The van der Waals surface area contributed by atoms with Crippen molar-refractivity contribution in [1.29, 1.82) is 0 Å². The first kappa shape index (κ1) is 14.4. The number of benzene rings is 2. The predicted octanol–water partition coefficient (Wildman–Crippen LogP) is 3.65. The Morgan fingerprint density at radius 2 is 1.70 bits per heavy atom. The van der Waals surface area contributed by atoms with Gasteiger partial charge in [0.15, 0.2) is 6.71 Å². The van der Waals surface area contributed by atoms with Crippen LogP contribution in [-0.4, -0.2) is 20.8 Å². The first-order valence-electron chi connectivity index (χ1n) is 6.72. The molecule has 0 unspecified atom stereocenters. The zero-order valence-electron chi connectivity index (χ0n) is 12.4. The van der Waals surface area contributed by atoms with Gasteiger partial charge in [0.25, 0.3) is 0 Å². The van der Waals surface area contributed by atoms with Crippen molar-refractivity contribution in [1.82, 2.24) is 0 Å². The summed E-state index contributed by atoms with van der Waals surface area (Å²) in [4.78, 5) is 2.00. The fourth-order valence-corrected chi connectivity index (χ4v) is 2.00. The van der Waals surface area contributed by atoms with E-state index in [1.807, 2.05) is 56.9 Å². The molecule has 104 valence electrons. The van der Waals surface area contributed by atoms with Crippen LogP contribution < -0.4 is 15.1 Å². The maximum atomic E-state index is 13.9. The van der Waals surface area contributed by atoms with E-state index in [0.29, 0.717) is 17.0 Å². The summed E-state index contributed by atoms with van der Waals surface area (Å²) in [5, 5.41) is 0. The molecule has 0 atom stereocenters. The molecule has 0 saturated heterocycles. The summed E-state index contributed by atoms with van der Waals surface area (Å²) in [6.45, 7) is 4.11. The van der Waals surface area contributed by atoms with E-state index in [1.165, 1.54) is 6.07 Å². The molecule has 4 heteroatoms. The summed E-state index contributed by atoms with van der Waals surface area (Å²) < 4.78 is 19.6. The number of halogens is 1. The SMILES string of the molecule is CB(C)c1ccc(Oc2cccc(N(C)C)c2)cc1F. The van der Waals surface area contributed by atoms with Gasteiger partial charge in [-0.15, -0.1) is 0 Å². The lowest BCUT2D eigenvalue weighted by atomic mass is 9.49. The molecule has 2 nitrogen and oxygen atoms in total. The molecule has 0 aliphatic rings. The van der Waals surface area contributed by atoms with Gasteiger partial charge in [-0.1, -0.05) is 25.8 Å². The second-order valence-electron chi connectivity index (χ2n) is 5.33. The lowest BCUT2D eigenvalue weighted by molar-refractivity contribution is 0.477. The third-order valence-electron chi connectivity index (χ3n) is 3.16. The number of ether oxygens (including phenoxy) is 1. The van der Waals surface area contributed by atoms with Crippen LogP contribution in [0, 0.1) is 5.82 Å². The highest BCUT2D eigenvalue weighted by atomic mass is 19.1. The van der Waals surface area contributed by atoms with Crippen LogP contribution in [0.4, 0.5) is 10.1 Å². The molecule has 0 amide bonds. The van der Waals surface area contributed by atoms with Crippen molar-refractivity contribution in [3.63, 3.8) is 0 Å². The van der Waals surface area contributed by atoms with Crippen molar-refractivity contribution in [2.24, 2.45) is 0 Å². The average Bonchev–Trinajstić information content (AvgIpc) is 2.38. The monoisotopic (exact) mass is 271 g/mol. The van der Waals surface area contributed by atoms with Gasteiger partial charge in [-0.25, -0.2) is 4.39 Å². The van der Waals surface area contributed by atoms with Crippen molar-refractivity contribution in [2.45, 2.75) is 13.6 Å². The lowest BCUT2D eigenvalue weighted by Gasteiger charge is -2.14. The molecule has 2 aromatic carbocycles. The van der Waals surface area contributed by atoms with Crippen LogP contribution in [0.15, 0.2) is 42.5 Å². The zero-order valence-corrected chi connectivity index (χ0v) is 12.4. The minimum atomic E-state index is -0.221. The van der Waals surface area contributed by atoms with Crippen LogP contribution in [0.25, 0.3) is 0 Å². The normalized spacial score (nSPS) is 10.2. The fourth-order valence-electron chi connectivity index (χ4n) is 2.00. The van der Waals surface area contributed by atoms with Crippen LogP contribution in [-0.2, 0) is 0 Å². The number of nitrogens with zero attached hydrogens (tertiary/aromatic N) is 1. The summed E-state index contributed by atoms with van der Waals surface area (Å²) in [5.41, 5.74) is 1.75.